The van der Waals surface area contributed by atoms with Crippen molar-refractivity contribution in [3.63, 3.8) is 0 Å². The van der Waals surface area contributed by atoms with Crippen molar-refractivity contribution in [3.05, 3.63) is 23.3 Å². The van der Waals surface area contributed by atoms with Crippen molar-refractivity contribution < 1.29 is 4.79 Å². The summed E-state index contributed by atoms with van der Waals surface area (Å²) in [6.07, 6.45) is 5.92. The normalized spacial score (nSPS) is 18.6. The second-order valence-corrected chi connectivity index (χ2v) is 6.21. The van der Waals surface area contributed by atoms with Gasteiger partial charge in [0.05, 0.1) is 0 Å². The lowest BCUT2D eigenvalue weighted by atomic mass is 10.0. The molecule has 2 aromatic rings. The molecule has 1 fully saturated rings. The van der Waals surface area contributed by atoms with Gasteiger partial charge in [-0.3, -0.25) is 4.79 Å². The van der Waals surface area contributed by atoms with E-state index >= 15 is 0 Å². The first-order chi connectivity index (χ1) is 11.1. The maximum Gasteiger partial charge on any atom is 0.252 e. The van der Waals surface area contributed by atoms with Crippen LogP contribution in [0.4, 0.5) is 0 Å². The number of aryl methyl sites for hydroxylation is 2. The van der Waals surface area contributed by atoms with Crippen LogP contribution in [0.1, 0.15) is 42.6 Å². The number of hydrogen-bond acceptors (Lipinski definition) is 5. The van der Waals surface area contributed by atoms with Gasteiger partial charge < -0.3 is 10.6 Å². The molecule has 0 aliphatic carbocycles. The summed E-state index contributed by atoms with van der Waals surface area (Å²) in [7, 11) is 0. The van der Waals surface area contributed by atoms with Crippen molar-refractivity contribution in [1.29, 1.82) is 0 Å². The average Bonchev–Trinajstić information content (AvgIpc) is 3.02. The van der Waals surface area contributed by atoms with Crippen molar-refractivity contribution >= 4 is 11.7 Å². The molecule has 1 atom stereocenters. The van der Waals surface area contributed by atoms with Gasteiger partial charge in [0.15, 0.2) is 0 Å². The lowest BCUT2D eigenvalue weighted by molar-refractivity contribution is -0.134. The topological polar surface area (TPSA) is 89.4 Å². The molecule has 0 bridgehead atoms. The number of nitrogens with zero attached hydrogens (tertiary/aromatic N) is 5. The Kier molecular flexibility index (Phi) is 4.56. The Hall–Kier alpha value is -2.02. The molecule has 1 saturated heterocycles. The first-order valence-corrected chi connectivity index (χ1v) is 8.27. The number of likely N-dealkylation sites (tertiary alicyclic amines) is 1. The summed E-state index contributed by atoms with van der Waals surface area (Å²) in [6, 6.07) is 0.203. The molecule has 1 aliphatic rings. The highest BCUT2D eigenvalue weighted by atomic mass is 16.2. The number of piperidine rings is 1. The van der Waals surface area contributed by atoms with Crippen LogP contribution in [-0.4, -0.2) is 49.5 Å². The molecule has 1 amide bonds. The maximum absolute atomic E-state index is 12.6. The van der Waals surface area contributed by atoms with E-state index < -0.39 is 0 Å². The van der Waals surface area contributed by atoms with E-state index in [0.29, 0.717) is 25.2 Å². The van der Waals surface area contributed by atoms with Gasteiger partial charge in [0.2, 0.25) is 5.91 Å². The lowest BCUT2D eigenvalue weighted by Crippen LogP contribution is -2.47. The predicted octanol–water partition coefficient (Wildman–Crippen LogP) is 1.01. The van der Waals surface area contributed by atoms with Gasteiger partial charge >= 0.3 is 0 Å². The number of carbonyl (C=O) groups excluding carboxylic acids is 1. The average molecular weight is 316 g/mol. The van der Waals surface area contributed by atoms with Gasteiger partial charge in [-0.05, 0) is 45.1 Å². The Morgan fingerprint density at radius 2 is 2.22 bits per heavy atom. The maximum atomic E-state index is 12.6. The Bertz CT molecular complexity index is 710. The fraction of sp³-hybridized carbons (Fsp3) is 0.625. The number of nitrogens with two attached hydrogens (primary N) is 1. The summed E-state index contributed by atoms with van der Waals surface area (Å²) in [5, 5.41) is 4.19. The molecule has 2 aromatic heterocycles. The molecule has 3 heterocycles. The van der Waals surface area contributed by atoms with Crippen LogP contribution in [0.25, 0.3) is 5.78 Å². The summed E-state index contributed by atoms with van der Waals surface area (Å²) in [6.45, 7) is 5.35. The van der Waals surface area contributed by atoms with Crippen LogP contribution >= 0.6 is 0 Å². The molecule has 1 aliphatic heterocycles. The molecule has 124 valence electrons. The van der Waals surface area contributed by atoms with E-state index in [4.69, 9.17) is 5.73 Å². The molecule has 0 saturated carbocycles. The zero-order valence-electron chi connectivity index (χ0n) is 13.8. The van der Waals surface area contributed by atoms with Gasteiger partial charge in [0.25, 0.3) is 5.78 Å². The van der Waals surface area contributed by atoms with Gasteiger partial charge in [0, 0.05) is 36.9 Å². The number of fused-ring (bicyclic) bond motifs is 1. The first kappa shape index (κ1) is 15.9. The lowest BCUT2D eigenvalue weighted by Gasteiger charge is -2.35. The van der Waals surface area contributed by atoms with Crippen molar-refractivity contribution in [2.45, 2.75) is 52.0 Å². The summed E-state index contributed by atoms with van der Waals surface area (Å²) in [5.41, 5.74) is 8.82. The van der Waals surface area contributed by atoms with Gasteiger partial charge in [-0.15, -0.1) is 0 Å². The quantitative estimate of drug-likeness (QED) is 0.909. The van der Waals surface area contributed by atoms with Gasteiger partial charge in [-0.25, -0.2) is 9.50 Å². The van der Waals surface area contributed by atoms with E-state index in [1.165, 1.54) is 6.33 Å². The van der Waals surface area contributed by atoms with Crippen LogP contribution in [-0.2, 0) is 11.2 Å². The molecule has 2 N–H and O–H groups in total. The SMILES string of the molecule is Cc1nc2ncnn2c(C)c1CCC(=O)N1CCCCC1CN. The summed E-state index contributed by atoms with van der Waals surface area (Å²) in [5.74, 6) is 0.798. The molecule has 1 unspecified atom stereocenters. The van der Waals surface area contributed by atoms with E-state index in [1.807, 2.05) is 18.7 Å². The predicted molar refractivity (Wildman–Crippen MR) is 87.0 cm³/mol. The van der Waals surface area contributed by atoms with Crippen LogP contribution in [0.2, 0.25) is 0 Å². The molecular weight excluding hydrogens is 292 g/mol. The van der Waals surface area contributed by atoms with Crippen LogP contribution < -0.4 is 5.73 Å². The standard InChI is InChI=1S/C16H24N6O/c1-11-14(12(2)22-16(20-11)18-10-19-22)6-7-15(23)21-8-4-3-5-13(21)9-17/h10,13H,3-9,17H2,1-2H3. The Labute approximate surface area is 135 Å². The molecule has 0 radical (unpaired) electrons. The minimum Gasteiger partial charge on any atom is -0.338 e. The smallest absolute Gasteiger partial charge is 0.252 e. The Balaban J connectivity index is 1.74. The summed E-state index contributed by atoms with van der Waals surface area (Å²) in [4.78, 5) is 23.1. The monoisotopic (exact) mass is 316 g/mol. The second-order valence-electron chi connectivity index (χ2n) is 6.21. The van der Waals surface area contributed by atoms with Crippen molar-refractivity contribution in [1.82, 2.24) is 24.5 Å². The highest BCUT2D eigenvalue weighted by Crippen LogP contribution is 2.19. The van der Waals surface area contributed by atoms with E-state index in [2.05, 4.69) is 15.1 Å². The van der Waals surface area contributed by atoms with Crippen LogP contribution in [0.15, 0.2) is 6.33 Å². The third kappa shape index (κ3) is 3.06. The first-order valence-electron chi connectivity index (χ1n) is 8.27. The van der Waals surface area contributed by atoms with E-state index in [-0.39, 0.29) is 11.9 Å². The third-order valence-electron chi connectivity index (χ3n) is 4.80. The van der Waals surface area contributed by atoms with E-state index in [0.717, 1.165) is 42.8 Å². The highest BCUT2D eigenvalue weighted by molar-refractivity contribution is 5.77. The van der Waals surface area contributed by atoms with Crippen molar-refractivity contribution in [2.24, 2.45) is 5.73 Å². The number of rotatable bonds is 4. The fourth-order valence-corrected chi connectivity index (χ4v) is 3.47. The summed E-state index contributed by atoms with van der Waals surface area (Å²) < 4.78 is 1.73. The highest BCUT2D eigenvalue weighted by Gasteiger charge is 2.25. The fourth-order valence-electron chi connectivity index (χ4n) is 3.47. The zero-order valence-corrected chi connectivity index (χ0v) is 13.8. The Morgan fingerprint density at radius 3 is 3.00 bits per heavy atom. The molecule has 7 nitrogen and oxygen atoms in total. The van der Waals surface area contributed by atoms with Crippen LogP contribution in [0, 0.1) is 13.8 Å². The van der Waals surface area contributed by atoms with Gasteiger partial charge in [0.1, 0.15) is 6.33 Å². The van der Waals surface area contributed by atoms with E-state index in [1.54, 1.807) is 4.52 Å². The largest absolute Gasteiger partial charge is 0.338 e. The Morgan fingerprint density at radius 1 is 1.39 bits per heavy atom. The second kappa shape index (κ2) is 6.62. The number of aromatic nitrogens is 4. The zero-order chi connectivity index (χ0) is 16.4. The summed E-state index contributed by atoms with van der Waals surface area (Å²) >= 11 is 0. The molecule has 23 heavy (non-hydrogen) atoms. The number of carbonyl (C=O) groups is 1. The number of hydrogen-bond donors (Lipinski definition) is 1. The molecule has 0 aromatic carbocycles. The number of amides is 1. The molecule has 3 rings (SSSR count). The molecule has 0 spiro atoms. The van der Waals surface area contributed by atoms with Crippen LogP contribution in [0.5, 0.6) is 0 Å². The van der Waals surface area contributed by atoms with Crippen molar-refractivity contribution in [3.8, 4) is 0 Å². The van der Waals surface area contributed by atoms with Gasteiger partial charge in [-0.2, -0.15) is 10.1 Å². The minimum atomic E-state index is 0.192. The molecular formula is C16H24N6O. The minimum absolute atomic E-state index is 0.192. The van der Waals surface area contributed by atoms with Crippen LogP contribution in [0.3, 0.4) is 0 Å². The van der Waals surface area contributed by atoms with E-state index in [9.17, 15) is 4.79 Å². The van der Waals surface area contributed by atoms with Crippen molar-refractivity contribution in [2.75, 3.05) is 13.1 Å². The third-order valence-corrected chi connectivity index (χ3v) is 4.80. The van der Waals surface area contributed by atoms with Gasteiger partial charge in [-0.1, -0.05) is 0 Å². The molecule has 7 heteroatoms.